The number of ether oxygens (including phenoxy) is 1. The molecule has 0 spiro atoms. The number of carbonyl (C=O) groups is 1. The van der Waals surface area contributed by atoms with Crippen LogP contribution >= 0.6 is 0 Å². The Labute approximate surface area is 152 Å². The monoisotopic (exact) mass is 351 g/mol. The summed E-state index contributed by atoms with van der Waals surface area (Å²) in [5.41, 5.74) is 3.75. The Balaban J connectivity index is 1.62. The number of methoxy groups -OCH3 is 1. The Hall–Kier alpha value is -3.15. The van der Waals surface area contributed by atoms with Gasteiger partial charge in [-0.3, -0.25) is 4.79 Å². The van der Waals surface area contributed by atoms with Crippen LogP contribution in [-0.4, -0.2) is 23.2 Å². The van der Waals surface area contributed by atoms with Crippen molar-refractivity contribution in [2.24, 2.45) is 0 Å². The molecule has 6 nitrogen and oxygen atoms in total. The highest BCUT2D eigenvalue weighted by Gasteiger charge is 2.14. The number of anilines is 1. The van der Waals surface area contributed by atoms with Crippen LogP contribution in [0, 0.1) is 13.8 Å². The van der Waals surface area contributed by atoms with E-state index in [4.69, 9.17) is 9.15 Å². The Bertz CT molecular complexity index is 898. The number of hydrogen-bond acceptors (Lipinski definition) is 5. The fourth-order valence-corrected chi connectivity index (χ4v) is 2.78. The van der Waals surface area contributed by atoms with Gasteiger partial charge in [0, 0.05) is 18.5 Å². The number of para-hydroxylation sites is 1. The number of aromatic nitrogens is 2. The van der Waals surface area contributed by atoms with Crippen LogP contribution in [0.5, 0.6) is 5.75 Å². The molecule has 0 bridgehead atoms. The van der Waals surface area contributed by atoms with Crippen molar-refractivity contribution in [3.8, 4) is 17.2 Å². The molecule has 134 valence electrons. The normalized spacial score (nSPS) is 10.6. The maximum Gasteiger partial charge on any atom is 0.251 e. The van der Waals surface area contributed by atoms with Crippen LogP contribution in [0.1, 0.15) is 23.4 Å². The lowest BCUT2D eigenvalue weighted by Gasteiger charge is -2.06. The molecule has 0 saturated carbocycles. The molecule has 26 heavy (non-hydrogen) atoms. The standard InChI is InChI=1S/C20H21N3O3/c1-13-10-14(2)12-15(11-13)21-18(24)8-9-19-22-23-20(26-19)16-6-4-5-7-17(16)25-3/h4-7,10-12H,8-9H2,1-3H3,(H,21,24). The van der Waals surface area contributed by atoms with Gasteiger partial charge in [-0.1, -0.05) is 18.2 Å². The summed E-state index contributed by atoms with van der Waals surface area (Å²) in [6.07, 6.45) is 0.638. The van der Waals surface area contributed by atoms with E-state index in [1.165, 1.54) is 0 Å². The van der Waals surface area contributed by atoms with Crippen molar-refractivity contribution in [3.05, 3.63) is 59.5 Å². The molecule has 0 fully saturated rings. The van der Waals surface area contributed by atoms with Gasteiger partial charge >= 0.3 is 0 Å². The first kappa shape index (κ1) is 17.7. The Morgan fingerprint density at radius 3 is 2.58 bits per heavy atom. The van der Waals surface area contributed by atoms with Gasteiger partial charge in [-0.15, -0.1) is 10.2 Å². The summed E-state index contributed by atoms with van der Waals surface area (Å²) in [6.45, 7) is 4.00. The summed E-state index contributed by atoms with van der Waals surface area (Å²) in [5, 5.41) is 11.0. The molecule has 1 aromatic heterocycles. The summed E-state index contributed by atoms with van der Waals surface area (Å²) < 4.78 is 11.0. The summed E-state index contributed by atoms with van der Waals surface area (Å²) in [5.74, 6) is 1.37. The lowest BCUT2D eigenvalue weighted by molar-refractivity contribution is -0.116. The molecule has 6 heteroatoms. The van der Waals surface area contributed by atoms with Crippen LogP contribution < -0.4 is 10.1 Å². The maximum absolute atomic E-state index is 12.2. The van der Waals surface area contributed by atoms with E-state index in [0.29, 0.717) is 24.0 Å². The zero-order chi connectivity index (χ0) is 18.5. The second kappa shape index (κ2) is 7.82. The van der Waals surface area contributed by atoms with E-state index < -0.39 is 0 Å². The number of carbonyl (C=O) groups excluding carboxylic acids is 1. The fourth-order valence-electron chi connectivity index (χ4n) is 2.78. The molecule has 1 heterocycles. The summed E-state index contributed by atoms with van der Waals surface area (Å²) in [7, 11) is 1.59. The topological polar surface area (TPSA) is 77.2 Å². The van der Waals surface area contributed by atoms with Crippen LogP contribution in [-0.2, 0) is 11.2 Å². The van der Waals surface area contributed by atoms with Crippen molar-refractivity contribution in [2.75, 3.05) is 12.4 Å². The van der Waals surface area contributed by atoms with Gasteiger partial charge in [0.25, 0.3) is 5.89 Å². The van der Waals surface area contributed by atoms with Gasteiger partial charge in [0.05, 0.1) is 12.7 Å². The molecule has 0 atom stereocenters. The van der Waals surface area contributed by atoms with Gasteiger partial charge in [0.1, 0.15) is 5.75 Å². The second-order valence-corrected chi connectivity index (χ2v) is 6.13. The number of hydrogen-bond donors (Lipinski definition) is 1. The first-order chi connectivity index (χ1) is 12.5. The van der Waals surface area contributed by atoms with Gasteiger partial charge in [-0.05, 0) is 49.2 Å². The number of amides is 1. The van der Waals surface area contributed by atoms with Crippen LogP contribution in [0.4, 0.5) is 5.69 Å². The molecular weight excluding hydrogens is 330 g/mol. The van der Waals surface area contributed by atoms with E-state index in [9.17, 15) is 4.79 Å². The van der Waals surface area contributed by atoms with Crippen molar-refractivity contribution in [3.63, 3.8) is 0 Å². The molecule has 0 saturated heterocycles. The molecule has 3 rings (SSSR count). The highest BCUT2D eigenvalue weighted by molar-refractivity contribution is 5.90. The van der Waals surface area contributed by atoms with Crippen molar-refractivity contribution >= 4 is 11.6 Å². The summed E-state index contributed by atoms with van der Waals surface area (Å²) in [6, 6.07) is 13.4. The van der Waals surface area contributed by atoms with Gasteiger partial charge in [-0.25, -0.2) is 0 Å². The first-order valence-corrected chi connectivity index (χ1v) is 8.39. The number of nitrogens with one attached hydrogen (secondary N) is 1. The van der Waals surface area contributed by atoms with E-state index in [1.807, 2.05) is 50.2 Å². The van der Waals surface area contributed by atoms with Gasteiger partial charge in [0.2, 0.25) is 11.8 Å². The van der Waals surface area contributed by atoms with Crippen molar-refractivity contribution < 1.29 is 13.9 Å². The Morgan fingerprint density at radius 2 is 1.85 bits per heavy atom. The van der Waals surface area contributed by atoms with Crippen LogP contribution in [0.3, 0.4) is 0 Å². The van der Waals surface area contributed by atoms with Crippen LogP contribution in [0.15, 0.2) is 46.9 Å². The van der Waals surface area contributed by atoms with Crippen molar-refractivity contribution in [1.82, 2.24) is 10.2 Å². The highest BCUT2D eigenvalue weighted by Crippen LogP contribution is 2.28. The molecule has 0 aliphatic carbocycles. The quantitative estimate of drug-likeness (QED) is 0.728. The first-order valence-electron chi connectivity index (χ1n) is 8.39. The minimum atomic E-state index is -0.0907. The molecule has 0 unspecified atom stereocenters. The molecule has 0 aliphatic heterocycles. The molecule has 1 amide bonds. The number of aryl methyl sites for hydroxylation is 3. The molecule has 0 aliphatic rings. The average molecular weight is 351 g/mol. The number of benzene rings is 2. The largest absolute Gasteiger partial charge is 0.496 e. The lowest BCUT2D eigenvalue weighted by atomic mass is 10.1. The van der Waals surface area contributed by atoms with Gasteiger partial charge in [-0.2, -0.15) is 0 Å². The smallest absolute Gasteiger partial charge is 0.251 e. The number of nitrogens with zero attached hydrogens (tertiary/aromatic N) is 2. The third kappa shape index (κ3) is 4.27. The zero-order valence-electron chi connectivity index (χ0n) is 15.1. The van der Waals surface area contributed by atoms with Crippen LogP contribution in [0.25, 0.3) is 11.5 Å². The van der Waals surface area contributed by atoms with Gasteiger partial charge in [0.15, 0.2) is 0 Å². The van der Waals surface area contributed by atoms with E-state index in [0.717, 1.165) is 22.4 Å². The minimum Gasteiger partial charge on any atom is -0.496 e. The zero-order valence-corrected chi connectivity index (χ0v) is 15.1. The predicted octanol–water partition coefficient (Wildman–Crippen LogP) is 3.93. The van der Waals surface area contributed by atoms with Crippen LogP contribution in [0.2, 0.25) is 0 Å². The Kier molecular flexibility index (Phi) is 5.31. The number of rotatable bonds is 6. The third-order valence-corrected chi connectivity index (χ3v) is 3.88. The summed E-state index contributed by atoms with van der Waals surface area (Å²) in [4.78, 5) is 12.2. The van der Waals surface area contributed by atoms with Crippen molar-refractivity contribution in [1.29, 1.82) is 0 Å². The van der Waals surface area contributed by atoms with E-state index >= 15 is 0 Å². The highest BCUT2D eigenvalue weighted by atomic mass is 16.5. The van der Waals surface area contributed by atoms with Crippen molar-refractivity contribution in [2.45, 2.75) is 26.7 Å². The maximum atomic E-state index is 12.2. The van der Waals surface area contributed by atoms with E-state index in [-0.39, 0.29) is 12.3 Å². The second-order valence-electron chi connectivity index (χ2n) is 6.13. The Morgan fingerprint density at radius 1 is 1.12 bits per heavy atom. The molecule has 3 aromatic rings. The van der Waals surface area contributed by atoms with E-state index in [1.54, 1.807) is 7.11 Å². The van der Waals surface area contributed by atoms with E-state index in [2.05, 4.69) is 21.6 Å². The molecule has 2 aromatic carbocycles. The molecular formula is C20H21N3O3. The van der Waals surface area contributed by atoms with Gasteiger partial charge < -0.3 is 14.5 Å². The molecule has 1 N–H and O–H groups in total. The predicted molar refractivity (Wildman–Crippen MR) is 99.2 cm³/mol. The molecule has 0 radical (unpaired) electrons. The lowest BCUT2D eigenvalue weighted by Crippen LogP contribution is -2.12. The minimum absolute atomic E-state index is 0.0907. The fraction of sp³-hybridized carbons (Fsp3) is 0.250. The SMILES string of the molecule is COc1ccccc1-c1nnc(CCC(=O)Nc2cc(C)cc(C)c2)o1. The summed E-state index contributed by atoms with van der Waals surface area (Å²) >= 11 is 0. The average Bonchev–Trinajstić information content (AvgIpc) is 3.08. The third-order valence-electron chi connectivity index (χ3n) is 3.88.